The van der Waals surface area contributed by atoms with Crippen molar-refractivity contribution in [1.29, 1.82) is 0 Å². The van der Waals surface area contributed by atoms with Crippen molar-refractivity contribution in [2.45, 2.75) is 44.5 Å². The van der Waals surface area contributed by atoms with E-state index in [1.54, 1.807) is 16.7 Å². The first kappa shape index (κ1) is 14.6. The Balaban J connectivity index is 2.40. The Morgan fingerprint density at radius 2 is 2.24 bits per heavy atom. The molecule has 4 nitrogen and oxygen atoms in total. The first-order valence-electron chi connectivity index (χ1n) is 6.13. The number of hydrogen-bond donors (Lipinski definition) is 1. The van der Waals surface area contributed by atoms with Gasteiger partial charge in [0.25, 0.3) is 0 Å². The zero-order valence-electron chi connectivity index (χ0n) is 10.9. The highest BCUT2D eigenvalue weighted by Crippen LogP contribution is 2.23. The maximum atomic E-state index is 11.9. The van der Waals surface area contributed by atoms with E-state index in [0.29, 0.717) is 5.25 Å². The second-order valence-electron chi connectivity index (χ2n) is 5.28. The summed E-state index contributed by atoms with van der Waals surface area (Å²) in [7, 11) is 0. The van der Waals surface area contributed by atoms with Gasteiger partial charge in [0.2, 0.25) is 0 Å². The van der Waals surface area contributed by atoms with Crippen LogP contribution >= 0.6 is 11.8 Å². The van der Waals surface area contributed by atoms with Gasteiger partial charge in [-0.25, -0.2) is 4.79 Å². The van der Waals surface area contributed by atoms with Crippen molar-refractivity contribution >= 4 is 17.9 Å². The van der Waals surface area contributed by atoms with Gasteiger partial charge in [0, 0.05) is 24.1 Å². The lowest BCUT2D eigenvalue weighted by Crippen LogP contribution is -2.43. The fourth-order valence-electron chi connectivity index (χ4n) is 1.79. The van der Waals surface area contributed by atoms with Crippen LogP contribution in [0.5, 0.6) is 0 Å². The van der Waals surface area contributed by atoms with Gasteiger partial charge in [0.15, 0.2) is 0 Å². The van der Waals surface area contributed by atoms with Gasteiger partial charge in [-0.1, -0.05) is 0 Å². The quantitative estimate of drug-likeness (QED) is 0.845. The van der Waals surface area contributed by atoms with Crippen LogP contribution in [0.2, 0.25) is 0 Å². The molecule has 100 valence electrons. The number of hydrogen-bond acceptors (Lipinski definition) is 4. The molecule has 0 aromatic carbocycles. The van der Waals surface area contributed by atoms with Crippen molar-refractivity contribution in [2.24, 2.45) is 0 Å². The first-order valence-corrected chi connectivity index (χ1v) is 7.17. The summed E-state index contributed by atoms with van der Waals surface area (Å²) in [5.41, 5.74) is -0.428. The van der Waals surface area contributed by atoms with Gasteiger partial charge in [0.1, 0.15) is 5.60 Å². The number of likely N-dealkylation sites (tertiary alicyclic amines) is 1. The van der Waals surface area contributed by atoms with Crippen LogP contribution in [0.4, 0.5) is 4.79 Å². The number of aliphatic hydroxyl groups excluding tert-OH is 1. The molecule has 0 radical (unpaired) electrons. The molecular weight excluding hydrogens is 238 g/mol. The third kappa shape index (κ3) is 5.64. The molecule has 5 heteroatoms. The Morgan fingerprint density at radius 3 is 2.82 bits per heavy atom. The lowest BCUT2D eigenvalue weighted by atomic mass is 10.1. The standard InChI is InChI=1S/C12H23NO3S/c1-12(2,3)16-11(15)13-6-4-5-10(9-13)17-8-7-14/h10,14H,4-9H2,1-3H3. The minimum absolute atomic E-state index is 0.202. The molecule has 1 N–H and O–H groups in total. The first-order chi connectivity index (χ1) is 7.92. The highest BCUT2D eigenvalue weighted by Gasteiger charge is 2.27. The van der Waals surface area contributed by atoms with Gasteiger partial charge in [0.05, 0.1) is 6.61 Å². The van der Waals surface area contributed by atoms with Crippen molar-refractivity contribution in [3.8, 4) is 0 Å². The molecule has 17 heavy (non-hydrogen) atoms. The average Bonchev–Trinajstić information content (AvgIpc) is 2.24. The molecule has 0 aromatic heterocycles. The predicted molar refractivity (Wildman–Crippen MR) is 70.4 cm³/mol. The van der Waals surface area contributed by atoms with Crippen LogP contribution in [0.1, 0.15) is 33.6 Å². The van der Waals surface area contributed by atoms with Crippen molar-refractivity contribution in [2.75, 3.05) is 25.4 Å². The number of rotatable bonds is 3. The van der Waals surface area contributed by atoms with Crippen molar-refractivity contribution in [1.82, 2.24) is 4.90 Å². The second kappa shape index (κ2) is 6.50. The monoisotopic (exact) mass is 261 g/mol. The molecule has 0 saturated carbocycles. The molecule has 1 rings (SSSR count). The maximum Gasteiger partial charge on any atom is 0.410 e. The second-order valence-corrected chi connectivity index (χ2v) is 6.69. The maximum absolute atomic E-state index is 11.9. The summed E-state index contributed by atoms with van der Waals surface area (Å²) in [6.07, 6.45) is 1.92. The minimum Gasteiger partial charge on any atom is -0.444 e. The molecule has 0 aromatic rings. The van der Waals surface area contributed by atoms with E-state index in [-0.39, 0.29) is 12.7 Å². The topological polar surface area (TPSA) is 49.8 Å². The number of aliphatic hydroxyl groups is 1. The van der Waals surface area contributed by atoms with Crippen LogP contribution in [0.15, 0.2) is 0 Å². The van der Waals surface area contributed by atoms with E-state index in [4.69, 9.17) is 9.84 Å². The summed E-state index contributed by atoms with van der Waals surface area (Å²) in [6, 6.07) is 0. The fourth-order valence-corrected chi connectivity index (χ4v) is 2.84. The Bertz CT molecular complexity index is 253. The Hall–Kier alpha value is -0.420. The van der Waals surface area contributed by atoms with Gasteiger partial charge < -0.3 is 14.7 Å². The fraction of sp³-hybridized carbons (Fsp3) is 0.917. The summed E-state index contributed by atoms with van der Waals surface area (Å²) >= 11 is 1.74. The number of ether oxygens (including phenoxy) is 1. The van der Waals surface area contributed by atoms with E-state index in [1.165, 1.54) is 0 Å². The third-order valence-electron chi connectivity index (χ3n) is 2.47. The van der Waals surface area contributed by atoms with Crippen LogP contribution in [-0.4, -0.2) is 52.4 Å². The highest BCUT2D eigenvalue weighted by atomic mass is 32.2. The van der Waals surface area contributed by atoms with Crippen molar-refractivity contribution in [3.63, 3.8) is 0 Å². The zero-order valence-corrected chi connectivity index (χ0v) is 11.8. The summed E-state index contributed by atoms with van der Waals surface area (Å²) in [6.45, 7) is 7.37. The summed E-state index contributed by atoms with van der Waals surface area (Å²) in [4.78, 5) is 13.7. The van der Waals surface area contributed by atoms with Gasteiger partial charge >= 0.3 is 6.09 Å². The highest BCUT2D eigenvalue weighted by molar-refractivity contribution is 7.99. The van der Waals surface area contributed by atoms with E-state index in [1.807, 2.05) is 20.8 Å². The van der Waals surface area contributed by atoms with E-state index >= 15 is 0 Å². The van der Waals surface area contributed by atoms with E-state index in [0.717, 1.165) is 31.7 Å². The largest absolute Gasteiger partial charge is 0.444 e. The Labute approximate surface area is 108 Å². The van der Waals surface area contributed by atoms with E-state index in [9.17, 15) is 4.79 Å². The molecular formula is C12H23NO3S. The van der Waals surface area contributed by atoms with Gasteiger partial charge in [-0.05, 0) is 33.6 Å². The zero-order chi connectivity index (χ0) is 12.9. The summed E-state index contributed by atoms with van der Waals surface area (Å²) in [5.74, 6) is 0.743. The summed E-state index contributed by atoms with van der Waals surface area (Å²) < 4.78 is 5.36. The van der Waals surface area contributed by atoms with Crippen LogP contribution in [0.3, 0.4) is 0 Å². The van der Waals surface area contributed by atoms with Crippen molar-refractivity contribution in [3.05, 3.63) is 0 Å². The molecule has 0 bridgehead atoms. The number of nitrogens with zero attached hydrogens (tertiary/aromatic N) is 1. The van der Waals surface area contributed by atoms with Crippen LogP contribution in [0, 0.1) is 0 Å². The van der Waals surface area contributed by atoms with Gasteiger partial charge in [-0.15, -0.1) is 0 Å². The molecule has 1 fully saturated rings. The molecule has 1 unspecified atom stereocenters. The molecule has 1 aliphatic rings. The molecule has 1 amide bonds. The van der Waals surface area contributed by atoms with E-state index < -0.39 is 5.60 Å². The number of carbonyl (C=O) groups is 1. The van der Waals surface area contributed by atoms with Crippen LogP contribution in [-0.2, 0) is 4.74 Å². The van der Waals surface area contributed by atoms with Gasteiger partial charge in [-0.3, -0.25) is 0 Å². The molecule has 1 aliphatic heterocycles. The molecule has 0 aliphatic carbocycles. The Morgan fingerprint density at radius 1 is 1.53 bits per heavy atom. The minimum atomic E-state index is -0.428. The number of amides is 1. The number of thioether (sulfide) groups is 1. The smallest absolute Gasteiger partial charge is 0.410 e. The average molecular weight is 261 g/mol. The lowest BCUT2D eigenvalue weighted by Gasteiger charge is -2.33. The summed E-state index contributed by atoms with van der Waals surface area (Å²) in [5, 5.41) is 9.23. The number of carbonyl (C=O) groups excluding carboxylic acids is 1. The van der Waals surface area contributed by atoms with E-state index in [2.05, 4.69) is 0 Å². The van der Waals surface area contributed by atoms with Crippen molar-refractivity contribution < 1.29 is 14.6 Å². The predicted octanol–water partition coefficient (Wildman–Crippen LogP) is 2.11. The normalized spacial score (nSPS) is 21.4. The molecule has 1 saturated heterocycles. The number of piperidine rings is 1. The third-order valence-corrected chi connectivity index (χ3v) is 3.75. The molecule has 0 spiro atoms. The molecule has 1 atom stereocenters. The SMILES string of the molecule is CC(C)(C)OC(=O)N1CCCC(SCCO)C1. The Kier molecular flexibility index (Phi) is 5.59. The molecule has 1 heterocycles. The lowest BCUT2D eigenvalue weighted by molar-refractivity contribution is 0.0220. The van der Waals surface area contributed by atoms with Crippen LogP contribution < -0.4 is 0 Å². The van der Waals surface area contributed by atoms with Crippen LogP contribution in [0.25, 0.3) is 0 Å². The van der Waals surface area contributed by atoms with Gasteiger partial charge in [-0.2, -0.15) is 11.8 Å².